The molecule has 1 aliphatic heterocycles. The maximum Gasteiger partial charge on any atom is 0.259 e. The molecule has 3 aromatic rings. The summed E-state index contributed by atoms with van der Waals surface area (Å²) in [5, 5.41) is 10.0. The van der Waals surface area contributed by atoms with Crippen molar-refractivity contribution in [2.45, 2.75) is 19.4 Å². The van der Waals surface area contributed by atoms with Crippen LogP contribution >= 0.6 is 0 Å². The van der Waals surface area contributed by atoms with Crippen LogP contribution in [0, 0.1) is 18.3 Å². The van der Waals surface area contributed by atoms with E-state index >= 15 is 0 Å². The largest absolute Gasteiger partial charge is 0.496 e. The highest BCUT2D eigenvalue weighted by molar-refractivity contribution is 5.64. The number of nitriles is 1. The summed E-state index contributed by atoms with van der Waals surface area (Å²) in [6.45, 7) is 2.07. The van der Waals surface area contributed by atoms with Gasteiger partial charge in [-0.05, 0) is 19.1 Å². The lowest BCUT2D eigenvalue weighted by atomic mass is 9.83. The number of benzene rings is 2. The van der Waals surface area contributed by atoms with Gasteiger partial charge in [-0.1, -0.05) is 24.3 Å². The van der Waals surface area contributed by atoms with Crippen LogP contribution in [0.4, 0.5) is 0 Å². The fourth-order valence-corrected chi connectivity index (χ4v) is 4.55. The minimum absolute atomic E-state index is 0.0758. The average molecular weight is 490 g/mol. The highest BCUT2D eigenvalue weighted by atomic mass is 16.5. The number of nitrogens with two attached hydrogens (primary N) is 1. The number of methoxy groups -OCH3 is 4. The summed E-state index contributed by atoms with van der Waals surface area (Å²) in [6, 6.07) is 14.8. The third-order valence-corrected chi connectivity index (χ3v) is 6.26. The Hall–Kier alpha value is -4.58. The van der Waals surface area contributed by atoms with E-state index in [1.807, 2.05) is 31.2 Å². The van der Waals surface area contributed by atoms with Crippen LogP contribution in [0.25, 0.3) is 0 Å². The Labute approximate surface area is 208 Å². The minimum Gasteiger partial charge on any atom is -0.496 e. The van der Waals surface area contributed by atoms with Crippen molar-refractivity contribution in [3.8, 4) is 34.8 Å². The molecule has 0 saturated carbocycles. The average Bonchev–Trinajstić information content (AvgIpc) is 2.89. The van der Waals surface area contributed by atoms with Gasteiger partial charge < -0.3 is 34.0 Å². The van der Waals surface area contributed by atoms with E-state index in [-0.39, 0.29) is 34.9 Å². The predicted molar refractivity (Wildman–Crippen MR) is 133 cm³/mol. The Morgan fingerprint density at radius 1 is 1.00 bits per heavy atom. The van der Waals surface area contributed by atoms with Crippen molar-refractivity contribution < 1.29 is 23.7 Å². The summed E-state index contributed by atoms with van der Waals surface area (Å²) in [6.07, 6.45) is 0. The molecule has 0 spiro atoms. The lowest BCUT2D eigenvalue weighted by molar-refractivity contribution is 0.321. The molecule has 0 aliphatic carbocycles. The molecule has 1 aliphatic rings. The Bertz CT molecular complexity index is 1450. The molecule has 0 bridgehead atoms. The molecule has 0 radical (unpaired) electrons. The molecule has 2 heterocycles. The molecule has 0 amide bonds. The maximum absolute atomic E-state index is 14.0. The molecule has 1 atom stereocenters. The second-order valence-corrected chi connectivity index (χ2v) is 8.12. The van der Waals surface area contributed by atoms with Gasteiger partial charge in [0.05, 0.1) is 46.5 Å². The number of ether oxygens (including phenoxy) is 5. The normalized spacial score (nSPS) is 14.4. The molecular weight excluding hydrogens is 462 g/mol. The highest BCUT2D eigenvalue weighted by Gasteiger charge is 2.37. The second kappa shape index (κ2) is 9.96. The third-order valence-electron chi connectivity index (χ3n) is 6.26. The van der Waals surface area contributed by atoms with Gasteiger partial charge in [-0.3, -0.25) is 4.79 Å². The van der Waals surface area contributed by atoms with Crippen molar-refractivity contribution in [2.24, 2.45) is 5.73 Å². The highest BCUT2D eigenvalue weighted by Crippen LogP contribution is 2.49. The van der Waals surface area contributed by atoms with Crippen molar-refractivity contribution in [1.82, 2.24) is 4.57 Å². The standard InChI is InChI=1S/C27H27N3O6/c1-15-12-21-23(27(31)30(15)14-16-8-6-7-9-19(16)32-2)22(18(13-28)26(29)36-21)17-10-11-20(33-3)25(35-5)24(17)34-4/h6-12,22H,14,29H2,1-5H3/t22-/m0/s1. The van der Waals surface area contributed by atoms with Crippen molar-refractivity contribution >= 4 is 0 Å². The Kier molecular flexibility index (Phi) is 6.79. The summed E-state index contributed by atoms with van der Waals surface area (Å²) < 4.78 is 29.5. The van der Waals surface area contributed by atoms with Gasteiger partial charge in [-0.2, -0.15) is 5.26 Å². The van der Waals surface area contributed by atoms with Gasteiger partial charge in [0.2, 0.25) is 11.6 Å². The number of hydrogen-bond donors (Lipinski definition) is 1. The number of aryl methyl sites for hydroxylation is 1. The van der Waals surface area contributed by atoms with Crippen LogP contribution in [0.5, 0.6) is 28.7 Å². The monoisotopic (exact) mass is 489 g/mol. The predicted octanol–water partition coefficient (Wildman–Crippen LogP) is 3.46. The van der Waals surface area contributed by atoms with Crippen LogP contribution < -0.4 is 35.0 Å². The van der Waals surface area contributed by atoms with E-state index in [9.17, 15) is 10.1 Å². The molecule has 9 nitrogen and oxygen atoms in total. The molecule has 0 saturated heterocycles. The van der Waals surface area contributed by atoms with E-state index < -0.39 is 5.92 Å². The quantitative estimate of drug-likeness (QED) is 0.536. The summed E-state index contributed by atoms with van der Waals surface area (Å²) in [4.78, 5) is 14.0. The molecule has 186 valence electrons. The van der Waals surface area contributed by atoms with Gasteiger partial charge in [0.25, 0.3) is 5.56 Å². The number of fused-ring (bicyclic) bond motifs is 1. The van der Waals surface area contributed by atoms with Gasteiger partial charge in [-0.15, -0.1) is 0 Å². The zero-order chi connectivity index (χ0) is 26.0. The van der Waals surface area contributed by atoms with Crippen LogP contribution in [-0.4, -0.2) is 33.0 Å². The number of allylic oxidation sites excluding steroid dienone is 1. The molecule has 1 aromatic heterocycles. The number of pyridine rings is 1. The lowest BCUT2D eigenvalue weighted by Gasteiger charge is -2.29. The Morgan fingerprint density at radius 3 is 2.33 bits per heavy atom. The zero-order valence-corrected chi connectivity index (χ0v) is 20.7. The molecule has 4 rings (SSSR count). The summed E-state index contributed by atoms with van der Waals surface area (Å²) >= 11 is 0. The van der Waals surface area contributed by atoms with Gasteiger partial charge in [0, 0.05) is 22.9 Å². The SMILES string of the molecule is COc1ccccc1Cn1c(C)cc2c(c1=O)[C@@H](c1ccc(OC)c(OC)c1OC)C(C#N)=C(N)O2. The molecule has 0 fully saturated rings. The van der Waals surface area contributed by atoms with Crippen LogP contribution in [0.15, 0.2) is 58.7 Å². The smallest absolute Gasteiger partial charge is 0.259 e. The van der Waals surface area contributed by atoms with E-state index in [0.29, 0.717) is 34.3 Å². The lowest BCUT2D eigenvalue weighted by Crippen LogP contribution is -2.33. The zero-order valence-electron chi connectivity index (χ0n) is 20.7. The van der Waals surface area contributed by atoms with Gasteiger partial charge in [-0.25, -0.2) is 0 Å². The molecular formula is C27H27N3O6. The third kappa shape index (κ3) is 3.96. The number of rotatable bonds is 7. The van der Waals surface area contributed by atoms with Crippen molar-refractivity contribution in [3.05, 3.63) is 86.7 Å². The van der Waals surface area contributed by atoms with Gasteiger partial charge >= 0.3 is 0 Å². The summed E-state index contributed by atoms with van der Waals surface area (Å²) in [5.74, 6) is 1.12. The van der Waals surface area contributed by atoms with Crippen LogP contribution in [0.1, 0.15) is 28.3 Å². The topological polar surface area (TPSA) is 118 Å². The van der Waals surface area contributed by atoms with Crippen molar-refractivity contribution in [2.75, 3.05) is 28.4 Å². The van der Waals surface area contributed by atoms with E-state index in [2.05, 4.69) is 6.07 Å². The molecule has 2 N–H and O–H groups in total. The van der Waals surface area contributed by atoms with Crippen LogP contribution in [0.2, 0.25) is 0 Å². The van der Waals surface area contributed by atoms with E-state index in [0.717, 1.165) is 5.56 Å². The summed E-state index contributed by atoms with van der Waals surface area (Å²) in [5.41, 5.74) is 8.22. The Balaban J connectivity index is 1.99. The van der Waals surface area contributed by atoms with Crippen molar-refractivity contribution in [1.29, 1.82) is 5.26 Å². The number of para-hydroxylation sites is 1. The van der Waals surface area contributed by atoms with E-state index in [1.165, 1.54) is 21.3 Å². The first kappa shape index (κ1) is 24.5. The molecule has 0 unspecified atom stereocenters. The maximum atomic E-state index is 14.0. The first-order valence-corrected chi connectivity index (χ1v) is 11.1. The fourth-order valence-electron chi connectivity index (χ4n) is 4.55. The molecule has 36 heavy (non-hydrogen) atoms. The fraction of sp³-hybridized carbons (Fsp3) is 0.259. The first-order valence-electron chi connectivity index (χ1n) is 11.1. The molecule has 2 aromatic carbocycles. The number of hydrogen-bond acceptors (Lipinski definition) is 8. The van der Waals surface area contributed by atoms with Crippen LogP contribution in [0.3, 0.4) is 0 Å². The summed E-state index contributed by atoms with van der Waals surface area (Å²) in [7, 11) is 6.07. The minimum atomic E-state index is -0.856. The Morgan fingerprint density at radius 2 is 1.69 bits per heavy atom. The number of nitrogens with zero attached hydrogens (tertiary/aromatic N) is 2. The van der Waals surface area contributed by atoms with E-state index in [1.54, 1.807) is 29.9 Å². The van der Waals surface area contributed by atoms with E-state index in [4.69, 9.17) is 29.4 Å². The first-order chi connectivity index (χ1) is 17.4. The molecule has 9 heteroatoms. The second-order valence-electron chi connectivity index (χ2n) is 8.12. The number of aromatic nitrogens is 1. The van der Waals surface area contributed by atoms with Crippen molar-refractivity contribution in [3.63, 3.8) is 0 Å². The van der Waals surface area contributed by atoms with Crippen LogP contribution in [-0.2, 0) is 6.54 Å². The van der Waals surface area contributed by atoms with Gasteiger partial charge in [0.15, 0.2) is 11.5 Å². The van der Waals surface area contributed by atoms with Gasteiger partial charge in [0.1, 0.15) is 23.1 Å².